The van der Waals surface area contributed by atoms with Crippen LogP contribution in [0.3, 0.4) is 0 Å². The summed E-state index contributed by atoms with van der Waals surface area (Å²) in [5, 5.41) is 0. The van der Waals surface area contributed by atoms with Crippen molar-refractivity contribution in [2.24, 2.45) is 0 Å². The standard InChI is InChI=1S/C9H12N2O/c12-7-8-6-10-9-4-2-1-3-5-11(8)9/h6-7H,1-5H2. The van der Waals surface area contributed by atoms with Crippen LogP contribution in [0.25, 0.3) is 0 Å². The summed E-state index contributed by atoms with van der Waals surface area (Å²) in [7, 11) is 0. The Morgan fingerprint density at radius 3 is 3.17 bits per heavy atom. The lowest BCUT2D eigenvalue weighted by Crippen LogP contribution is -2.04. The van der Waals surface area contributed by atoms with Gasteiger partial charge in [0.1, 0.15) is 11.5 Å². The molecule has 3 heteroatoms. The normalized spacial score (nSPS) is 16.7. The van der Waals surface area contributed by atoms with Gasteiger partial charge in [0.2, 0.25) is 0 Å². The minimum atomic E-state index is 0.729. The van der Waals surface area contributed by atoms with Gasteiger partial charge in [-0.2, -0.15) is 0 Å². The Balaban J connectivity index is 2.38. The number of hydrogen-bond acceptors (Lipinski definition) is 2. The van der Waals surface area contributed by atoms with E-state index in [0.717, 1.165) is 30.8 Å². The van der Waals surface area contributed by atoms with Gasteiger partial charge in [-0.05, 0) is 12.8 Å². The van der Waals surface area contributed by atoms with E-state index in [4.69, 9.17) is 0 Å². The second-order valence-corrected chi connectivity index (χ2v) is 3.18. The van der Waals surface area contributed by atoms with Crippen molar-refractivity contribution in [3.8, 4) is 0 Å². The maximum atomic E-state index is 10.6. The second kappa shape index (κ2) is 3.09. The van der Waals surface area contributed by atoms with Crippen LogP contribution in [0.15, 0.2) is 6.20 Å². The SMILES string of the molecule is O=Cc1cnc2n1CCCCC2. The second-order valence-electron chi connectivity index (χ2n) is 3.18. The number of hydrogen-bond donors (Lipinski definition) is 0. The molecule has 0 radical (unpaired) electrons. The molecular weight excluding hydrogens is 152 g/mol. The highest BCUT2D eigenvalue weighted by atomic mass is 16.1. The van der Waals surface area contributed by atoms with Crippen LogP contribution in [0.4, 0.5) is 0 Å². The molecule has 3 nitrogen and oxygen atoms in total. The van der Waals surface area contributed by atoms with Gasteiger partial charge < -0.3 is 4.57 Å². The zero-order valence-electron chi connectivity index (χ0n) is 6.99. The molecule has 0 bridgehead atoms. The molecule has 2 rings (SSSR count). The fourth-order valence-electron chi connectivity index (χ4n) is 1.71. The summed E-state index contributed by atoms with van der Waals surface area (Å²) in [6.45, 7) is 0.962. The number of rotatable bonds is 1. The van der Waals surface area contributed by atoms with Crippen LogP contribution in [0.1, 0.15) is 35.6 Å². The molecule has 0 saturated heterocycles. The van der Waals surface area contributed by atoms with Crippen LogP contribution in [0, 0.1) is 0 Å². The van der Waals surface area contributed by atoms with Crippen LogP contribution in [-0.2, 0) is 13.0 Å². The monoisotopic (exact) mass is 164 g/mol. The number of aromatic nitrogens is 2. The Kier molecular flexibility index (Phi) is 1.94. The molecular formula is C9H12N2O. The molecule has 0 saturated carbocycles. The van der Waals surface area contributed by atoms with Crippen LogP contribution < -0.4 is 0 Å². The van der Waals surface area contributed by atoms with Crippen LogP contribution in [0.2, 0.25) is 0 Å². The smallest absolute Gasteiger partial charge is 0.168 e. The molecule has 1 aliphatic rings. The summed E-state index contributed by atoms with van der Waals surface area (Å²) in [5.74, 6) is 1.08. The van der Waals surface area contributed by atoms with E-state index in [2.05, 4.69) is 4.98 Å². The van der Waals surface area contributed by atoms with Crippen molar-refractivity contribution in [1.29, 1.82) is 0 Å². The van der Waals surface area contributed by atoms with Crippen LogP contribution in [-0.4, -0.2) is 15.8 Å². The number of imidazole rings is 1. The lowest BCUT2D eigenvalue weighted by molar-refractivity contribution is 0.111. The third-order valence-electron chi connectivity index (χ3n) is 2.37. The first kappa shape index (κ1) is 7.53. The topological polar surface area (TPSA) is 34.9 Å². The van der Waals surface area contributed by atoms with Gasteiger partial charge in [-0.1, -0.05) is 6.42 Å². The first-order valence-corrected chi connectivity index (χ1v) is 4.41. The van der Waals surface area contributed by atoms with Crippen molar-refractivity contribution in [3.05, 3.63) is 17.7 Å². The molecule has 1 aromatic rings. The summed E-state index contributed by atoms with van der Waals surface area (Å²) in [5.41, 5.74) is 0.729. The highest BCUT2D eigenvalue weighted by Gasteiger charge is 2.11. The van der Waals surface area contributed by atoms with E-state index < -0.39 is 0 Å². The molecule has 0 fully saturated rings. The Hall–Kier alpha value is -1.12. The molecule has 0 aromatic carbocycles. The summed E-state index contributed by atoms with van der Waals surface area (Å²) < 4.78 is 2.04. The summed E-state index contributed by atoms with van der Waals surface area (Å²) in [4.78, 5) is 14.8. The Labute approximate surface area is 71.4 Å². The van der Waals surface area contributed by atoms with Gasteiger partial charge in [0.25, 0.3) is 0 Å². The third kappa shape index (κ3) is 1.15. The van der Waals surface area contributed by atoms with Crippen molar-refractivity contribution in [1.82, 2.24) is 9.55 Å². The van der Waals surface area contributed by atoms with Gasteiger partial charge in [-0.3, -0.25) is 4.79 Å². The van der Waals surface area contributed by atoms with E-state index in [0.29, 0.717) is 0 Å². The molecule has 0 N–H and O–H groups in total. The van der Waals surface area contributed by atoms with Gasteiger partial charge in [-0.15, -0.1) is 0 Å². The highest BCUT2D eigenvalue weighted by molar-refractivity contribution is 5.71. The molecule has 2 heterocycles. The molecule has 1 aliphatic heterocycles. The maximum absolute atomic E-state index is 10.6. The average Bonchev–Trinajstić information content (AvgIpc) is 2.33. The molecule has 0 atom stereocenters. The first-order chi connectivity index (χ1) is 5.92. The average molecular weight is 164 g/mol. The Bertz CT molecular complexity index is 291. The van der Waals surface area contributed by atoms with Crippen molar-refractivity contribution in [2.75, 3.05) is 0 Å². The van der Waals surface area contributed by atoms with Gasteiger partial charge in [0.15, 0.2) is 6.29 Å². The predicted molar refractivity (Wildman–Crippen MR) is 45.2 cm³/mol. The van der Waals surface area contributed by atoms with Crippen molar-refractivity contribution < 1.29 is 4.79 Å². The zero-order valence-corrected chi connectivity index (χ0v) is 6.99. The van der Waals surface area contributed by atoms with Crippen molar-refractivity contribution in [2.45, 2.75) is 32.2 Å². The van der Waals surface area contributed by atoms with E-state index in [1.807, 2.05) is 4.57 Å². The van der Waals surface area contributed by atoms with E-state index in [1.165, 1.54) is 19.3 Å². The third-order valence-corrected chi connectivity index (χ3v) is 2.37. The number of fused-ring (bicyclic) bond motifs is 1. The Morgan fingerprint density at radius 1 is 1.42 bits per heavy atom. The minimum absolute atomic E-state index is 0.729. The number of nitrogens with zero attached hydrogens (tertiary/aromatic N) is 2. The molecule has 0 aliphatic carbocycles. The van der Waals surface area contributed by atoms with E-state index in [1.54, 1.807) is 6.20 Å². The van der Waals surface area contributed by atoms with Crippen molar-refractivity contribution >= 4 is 6.29 Å². The van der Waals surface area contributed by atoms with Crippen molar-refractivity contribution in [3.63, 3.8) is 0 Å². The first-order valence-electron chi connectivity index (χ1n) is 4.41. The number of aryl methyl sites for hydroxylation is 1. The summed E-state index contributed by atoms with van der Waals surface area (Å²) in [6.07, 6.45) is 7.21. The number of carbonyl (C=O) groups is 1. The lowest BCUT2D eigenvalue weighted by Gasteiger charge is -2.02. The van der Waals surface area contributed by atoms with E-state index in [-0.39, 0.29) is 0 Å². The van der Waals surface area contributed by atoms with E-state index in [9.17, 15) is 4.79 Å². The molecule has 12 heavy (non-hydrogen) atoms. The lowest BCUT2D eigenvalue weighted by atomic mass is 10.2. The Morgan fingerprint density at radius 2 is 2.33 bits per heavy atom. The molecule has 0 amide bonds. The van der Waals surface area contributed by atoms with E-state index >= 15 is 0 Å². The quantitative estimate of drug-likeness (QED) is 0.588. The molecule has 64 valence electrons. The van der Waals surface area contributed by atoms with Gasteiger partial charge in [0.05, 0.1) is 6.20 Å². The predicted octanol–water partition coefficient (Wildman–Crippen LogP) is 1.42. The van der Waals surface area contributed by atoms with Crippen LogP contribution >= 0.6 is 0 Å². The number of aldehydes is 1. The fraction of sp³-hybridized carbons (Fsp3) is 0.556. The molecule has 0 spiro atoms. The summed E-state index contributed by atoms with van der Waals surface area (Å²) in [6, 6.07) is 0. The maximum Gasteiger partial charge on any atom is 0.168 e. The highest BCUT2D eigenvalue weighted by Crippen LogP contribution is 2.14. The largest absolute Gasteiger partial charge is 0.326 e. The fourth-order valence-corrected chi connectivity index (χ4v) is 1.71. The number of carbonyl (C=O) groups excluding carboxylic acids is 1. The van der Waals surface area contributed by atoms with Gasteiger partial charge >= 0.3 is 0 Å². The van der Waals surface area contributed by atoms with Gasteiger partial charge in [-0.25, -0.2) is 4.98 Å². The zero-order chi connectivity index (χ0) is 8.39. The van der Waals surface area contributed by atoms with Crippen LogP contribution in [0.5, 0.6) is 0 Å². The van der Waals surface area contributed by atoms with Gasteiger partial charge in [0, 0.05) is 13.0 Å². The minimum Gasteiger partial charge on any atom is -0.326 e. The molecule has 1 aromatic heterocycles. The summed E-state index contributed by atoms with van der Waals surface area (Å²) >= 11 is 0. The molecule has 0 unspecified atom stereocenters.